The third-order valence-electron chi connectivity index (χ3n) is 3.44. The molecule has 0 saturated carbocycles. The highest BCUT2D eigenvalue weighted by Gasteiger charge is 2.34. The molecule has 0 atom stereocenters. The Bertz CT molecular complexity index is 630. The molecule has 90 valence electrons. The molecule has 0 amide bonds. The maximum absolute atomic E-state index is 5.99. The molecule has 3 aliphatic heterocycles. The van der Waals surface area contributed by atoms with E-state index in [0.29, 0.717) is 5.84 Å². The van der Waals surface area contributed by atoms with Crippen LogP contribution in [0, 0.1) is 0 Å². The van der Waals surface area contributed by atoms with Crippen molar-refractivity contribution in [1.29, 1.82) is 0 Å². The first-order valence-corrected chi connectivity index (χ1v) is 6.85. The van der Waals surface area contributed by atoms with Gasteiger partial charge in [0.05, 0.1) is 22.0 Å². The molecular weight excluding hydrogens is 244 g/mol. The van der Waals surface area contributed by atoms with Crippen LogP contribution < -0.4 is 10.6 Å². The standard InChI is InChI=1S/C13H12N4S/c14-12-11-8(15-16-12)4-3-7-17-9-5-1-2-6-10(9)18-13(11)17/h1-2,5-6H,3-4,7H2,(H2,14,16). The van der Waals surface area contributed by atoms with E-state index < -0.39 is 0 Å². The van der Waals surface area contributed by atoms with Gasteiger partial charge in [-0.15, -0.1) is 5.10 Å². The van der Waals surface area contributed by atoms with E-state index in [2.05, 4.69) is 39.4 Å². The van der Waals surface area contributed by atoms with E-state index in [1.807, 2.05) is 0 Å². The van der Waals surface area contributed by atoms with Crippen molar-refractivity contribution in [1.82, 2.24) is 0 Å². The molecular formula is C13H12N4S. The average molecular weight is 256 g/mol. The van der Waals surface area contributed by atoms with Crippen LogP contribution in [0.2, 0.25) is 0 Å². The predicted octanol–water partition coefficient (Wildman–Crippen LogP) is 2.33. The minimum atomic E-state index is 0.562. The van der Waals surface area contributed by atoms with Gasteiger partial charge in [0, 0.05) is 11.4 Å². The molecule has 2 N–H and O–H groups in total. The van der Waals surface area contributed by atoms with Crippen molar-refractivity contribution in [3.8, 4) is 0 Å². The molecule has 4 nitrogen and oxygen atoms in total. The number of fused-ring (bicyclic) bond motifs is 4. The molecule has 0 unspecified atom stereocenters. The normalized spacial score (nSPS) is 21.0. The van der Waals surface area contributed by atoms with Gasteiger partial charge in [-0.05, 0) is 25.0 Å². The quantitative estimate of drug-likeness (QED) is 0.775. The van der Waals surface area contributed by atoms with Crippen molar-refractivity contribution in [3.63, 3.8) is 0 Å². The maximum atomic E-state index is 5.99. The number of hydrogen-bond donors (Lipinski definition) is 1. The fourth-order valence-electron chi connectivity index (χ4n) is 2.62. The molecule has 0 radical (unpaired) electrons. The third-order valence-corrected chi connectivity index (χ3v) is 4.62. The van der Waals surface area contributed by atoms with E-state index in [1.54, 1.807) is 11.8 Å². The summed E-state index contributed by atoms with van der Waals surface area (Å²) in [5.41, 5.74) is 9.37. The van der Waals surface area contributed by atoms with Crippen molar-refractivity contribution in [3.05, 3.63) is 34.9 Å². The molecule has 18 heavy (non-hydrogen) atoms. The summed E-state index contributed by atoms with van der Waals surface area (Å²) in [5.74, 6) is 0.562. The summed E-state index contributed by atoms with van der Waals surface area (Å²) in [6.07, 6.45) is 2.05. The van der Waals surface area contributed by atoms with Crippen LogP contribution in [0.4, 0.5) is 5.69 Å². The molecule has 1 aromatic rings. The zero-order valence-corrected chi connectivity index (χ0v) is 10.6. The van der Waals surface area contributed by atoms with Crippen molar-refractivity contribution in [2.45, 2.75) is 17.7 Å². The van der Waals surface area contributed by atoms with Gasteiger partial charge in [-0.1, -0.05) is 23.9 Å². The Labute approximate surface area is 109 Å². The monoisotopic (exact) mass is 256 g/mol. The lowest BCUT2D eigenvalue weighted by Crippen LogP contribution is -2.23. The molecule has 0 bridgehead atoms. The number of thioether (sulfide) groups is 1. The zero-order valence-electron chi connectivity index (χ0n) is 9.76. The van der Waals surface area contributed by atoms with Gasteiger partial charge < -0.3 is 10.6 Å². The van der Waals surface area contributed by atoms with Crippen molar-refractivity contribution in [2.75, 3.05) is 11.4 Å². The SMILES string of the molecule is NC1=NN=C2CCCN3C(=C12)Sc1ccccc13. The van der Waals surface area contributed by atoms with Crippen LogP contribution >= 0.6 is 11.8 Å². The van der Waals surface area contributed by atoms with E-state index >= 15 is 0 Å². The summed E-state index contributed by atoms with van der Waals surface area (Å²) in [7, 11) is 0. The molecule has 5 heteroatoms. The topological polar surface area (TPSA) is 54.0 Å². The summed E-state index contributed by atoms with van der Waals surface area (Å²) in [4.78, 5) is 3.65. The molecule has 0 fully saturated rings. The third kappa shape index (κ3) is 1.28. The van der Waals surface area contributed by atoms with Crippen molar-refractivity contribution < 1.29 is 0 Å². The second-order valence-electron chi connectivity index (χ2n) is 4.54. The Hall–Kier alpha value is -1.75. The molecule has 1 aromatic carbocycles. The first-order chi connectivity index (χ1) is 8.84. The Morgan fingerprint density at radius 2 is 2.11 bits per heavy atom. The van der Waals surface area contributed by atoms with Crippen molar-refractivity contribution in [2.24, 2.45) is 15.9 Å². The van der Waals surface area contributed by atoms with E-state index in [9.17, 15) is 0 Å². The van der Waals surface area contributed by atoms with Gasteiger partial charge in [-0.2, -0.15) is 5.10 Å². The van der Waals surface area contributed by atoms with E-state index in [-0.39, 0.29) is 0 Å². The summed E-state index contributed by atoms with van der Waals surface area (Å²) in [5, 5.41) is 9.43. The summed E-state index contributed by atoms with van der Waals surface area (Å²) >= 11 is 1.78. The average Bonchev–Trinajstić information content (AvgIpc) is 2.86. The molecule has 4 rings (SSSR count). The number of benzene rings is 1. The van der Waals surface area contributed by atoms with Crippen molar-refractivity contribution >= 4 is 29.0 Å². The number of nitrogens with zero attached hydrogens (tertiary/aromatic N) is 3. The van der Waals surface area contributed by atoms with Crippen LogP contribution in [0.3, 0.4) is 0 Å². The summed E-state index contributed by atoms with van der Waals surface area (Å²) < 4.78 is 0. The van der Waals surface area contributed by atoms with E-state index in [0.717, 1.165) is 30.7 Å². The minimum Gasteiger partial charge on any atom is -0.382 e. The van der Waals surface area contributed by atoms with Gasteiger partial charge in [0.2, 0.25) is 0 Å². The van der Waals surface area contributed by atoms with E-state index in [1.165, 1.54) is 15.6 Å². The second kappa shape index (κ2) is 3.62. The Morgan fingerprint density at radius 3 is 3.06 bits per heavy atom. The van der Waals surface area contributed by atoms with Crippen LogP contribution in [-0.2, 0) is 0 Å². The predicted molar refractivity (Wildman–Crippen MR) is 75.0 cm³/mol. The van der Waals surface area contributed by atoms with Crippen LogP contribution in [-0.4, -0.2) is 18.1 Å². The molecule has 0 spiro atoms. The number of hydrogen-bond acceptors (Lipinski definition) is 5. The Morgan fingerprint density at radius 1 is 1.22 bits per heavy atom. The smallest absolute Gasteiger partial charge is 0.157 e. The highest BCUT2D eigenvalue weighted by molar-refractivity contribution is 8.03. The van der Waals surface area contributed by atoms with Gasteiger partial charge in [-0.25, -0.2) is 0 Å². The van der Waals surface area contributed by atoms with Crippen LogP contribution in [0.1, 0.15) is 12.8 Å². The van der Waals surface area contributed by atoms with Gasteiger partial charge in [0.15, 0.2) is 5.84 Å². The minimum absolute atomic E-state index is 0.562. The van der Waals surface area contributed by atoms with Gasteiger partial charge in [0.1, 0.15) is 0 Å². The number of amidine groups is 1. The highest BCUT2D eigenvalue weighted by atomic mass is 32.2. The largest absolute Gasteiger partial charge is 0.382 e. The van der Waals surface area contributed by atoms with Gasteiger partial charge in [-0.3, -0.25) is 0 Å². The fraction of sp³-hybridized carbons (Fsp3) is 0.231. The number of rotatable bonds is 0. The van der Waals surface area contributed by atoms with Crippen LogP contribution in [0.25, 0.3) is 0 Å². The zero-order chi connectivity index (χ0) is 12.1. The highest BCUT2D eigenvalue weighted by Crippen LogP contribution is 2.48. The number of anilines is 1. The van der Waals surface area contributed by atoms with E-state index in [4.69, 9.17) is 5.73 Å². The fourth-order valence-corrected chi connectivity index (χ4v) is 3.88. The molecule has 3 heterocycles. The first kappa shape index (κ1) is 10.2. The van der Waals surface area contributed by atoms with Crippen LogP contribution in [0.5, 0.6) is 0 Å². The summed E-state index contributed by atoms with van der Waals surface area (Å²) in [6.45, 7) is 1.02. The number of para-hydroxylation sites is 1. The lowest BCUT2D eigenvalue weighted by Gasteiger charge is -2.19. The maximum Gasteiger partial charge on any atom is 0.157 e. The molecule has 0 aromatic heterocycles. The first-order valence-electron chi connectivity index (χ1n) is 6.04. The second-order valence-corrected chi connectivity index (χ2v) is 5.57. The van der Waals surface area contributed by atoms with Gasteiger partial charge in [0.25, 0.3) is 0 Å². The lowest BCUT2D eigenvalue weighted by atomic mass is 10.1. The summed E-state index contributed by atoms with van der Waals surface area (Å²) in [6, 6.07) is 8.48. The molecule has 0 aliphatic carbocycles. The van der Waals surface area contributed by atoms with Crippen LogP contribution in [0.15, 0.2) is 50.0 Å². The molecule has 3 aliphatic rings. The Kier molecular flexibility index (Phi) is 2.05. The molecule has 0 saturated heterocycles. The lowest BCUT2D eigenvalue weighted by molar-refractivity contribution is 0.845. The number of nitrogens with two attached hydrogens (primary N) is 1. The Balaban J connectivity index is 1.93. The van der Waals surface area contributed by atoms with Gasteiger partial charge >= 0.3 is 0 Å².